The van der Waals surface area contributed by atoms with Crippen molar-refractivity contribution in [3.63, 3.8) is 0 Å². The molecule has 1 N–H and O–H groups in total. The highest BCUT2D eigenvalue weighted by Crippen LogP contribution is 2.22. The van der Waals surface area contributed by atoms with Crippen LogP contribution < -0.4 is 0 Å². The Labute approximate surface area is 98.8 Å². The van der Waals surface area contributed by atoms with E-state index >= 15 is 0 Å². The van der Waals surface area contributed by atoms with Crippen LogP contribution in [0.3, 0.4) is 0 Å². The third-order valence-electron chi connectivity index (χ3n) is 2.51. The van der Waals surface area contributed by atoms with Gasteiger partial charge in [0.1, 0.15) is 0 Å². The molecule has 0 spiro atoms. The highest BCUT2D eigenvalue weighted by Gasteiger charge is 2.29. The maximum Gasteiger partial charge on any atom is 0.191 e. The maximum atomic E-state index is 8.87. The number of benzene rings is 1. The summed E-state index contributed by atoms with van der Waals surface area (Å²) in [6, 6.07) is 7.74. The van der Waals surface area contributed by atoms with Crippen LogP contribution in [0.25, 0.3) is 5.69 Å². The average Bonchev–Trinajstić information content (AvgIpc) is 2.80. The summed E-state index contributed by atoms with van der Waals surface area (Å²) in [6.07, 6.45) is 0. The van der Waals surface area contributed by atoms with Crippen LogP contribution in [0, 0.1) is 6.92 Å². The summed E-state index contributed by atoms with van der Waals surface area (Å²) < 4.78 is 1.54. The first-order valence-corrected chi connectivity index (χ1v) is 5.23. The van der Waals surface area contributed by atoms with Gasteiger partial charge >= 0.3 is 0 Å². The Balaban J connectivity index is 2.47. The van der Waals surface area contributed by atoms with Crippen molar-refractivity contribution < 1.29 is 10.1 Å². The number of tetrazole rings is 1. The van der Waals surface area contributed by atoms with Gasteiger partial charge in [0, 0.05) is 0 Å². The first-order chi connectivity index (χ1) is 8.04. The Bertz CT molecular complexity index is 504. The van der Waals surface area contributed by atoms with E-state index in [9.17, 15) is 0 Å². The normalized spacial score (nSPS) is 11.8. The highest BCUT2D eigenvalue weighted by atomic mass is 17.1. The summed E-state index contributed by atoms with van der Waals surface area (Å²) in [5, 5.41) is 20.2. The van der Waals surface area contributed by atoms with Gasteiger partial charge in [-0.15, -0.1) is 5.10 Å². The van der Waals surface area contributed by atoms with E-state index in [0.717, 1.165) is 11.3 Å². The number of hydrogen-bond acceptors (Lipinski definition) is 5. The summed E-state index contributed by atoms with van der Waals surface area (Å²) in [7, 11) is 0. The fraction of sp³-hybridized carbons (Fsp3) is 0.364. The molecule has 6 heteroatoms. The van der Waals surface area contributed by atoms with Gasteiger partial charge < -0.3 is 0 Å². The summed E-state index contributed by atoms with van der Waals surface area (Å²) in [4.78, 5) is 4.40. The zero-order valence-corrected chi connectivity index (χ0v) is 9.95. The molecular weight excluding hydrogens is 220 g/mol. The van der Waals surface area contributed by atoms with Gasteiger partial charge in [0.25, 0.3) is 0 Å². The fourth-order valence-corrected chi connectivity index (χ4v) is 1.46. The monoisotopic (exact) mass is 234 g/mol. The van der Waals surface area contributed by atoms with E-state index in [2.05, 4.69) is 20.4 Å². The minimum Gasteiger partial charge on any atom is -0.251 e. The second kappa shape index (κ2) is 4.23. The minimum absolute atomic E-state index is 0.434. The smallest absolute Gasteiger partial charge is 0.191 e. The Morgan fingerprint density at radius 2 is 1.88 bits per heavy atom. The molecule has 0 fully saturated rings. The predicted octanol–water partition coefficient (Wildman–Crippen LogP) is 1.70. The molecule has 0 amide bonds. The Hall–Kier alpha value is -1.79. The second-order valence-corrected chi connectivity index (χ2v) is 4.35. The third-order valence-corrected chi connectivity index (χ3v) is 2.51. The lowest BCUT2D eigenvalue weighted by Gasteiger charge is -2.18. The van der Waals surface area contributed by atoms with Crippen LogP contribution in [0.2, 0.25) is 0 Å². The molecule has 1 aromatic carbocycles. The van der Waals surface area contributed by atoms with E-state index in [-0.39, 0.29) is 0 Å². The first-order valence-electron chi connectivity index (χ1n) is 5.23. The minimum atomic E-state index is -0.964. The molecule has 0 aliphatic heterocycles. The zero-order valence-electron chi connectivity index (χ0n) is 9.95. The molecule has 0 aliphatic carbocycles. The molecule has 0 saturated carbocycles. The van der Waals surface area contributed by atoms with Crippen LogP contribution in [0.4, 0.5) is 0 Å². The number of hydrogen-bond donors (Lipinski definition) is 1. The van der Waals surface area contributed by atoms with Crippen LogP contribution in [0.15, 0.2) is 24.3 Å². The second-order valence-electron chi connectivity index (χ2n) is 4.35. The summed E-state index contributed by atoms with van der Waals surface area (Å²) in [6.45, 7) is 5.37. The molecule has 6 nitrogen and oxygen atoms in total. The van der Waals surface area contributed by atoms with E-state index < -0.39 is 5.60 Å². The Morgan fingerprint density at radius 3 is 2.47 bits per heavy atom. The molecule has 2 rings (SSSR count). The van der Waals surface area contributed by atoms with E-state index in [0.29, 0.717) is 5.82 Å². The van der Waals surface area contributed by atoms with Crippen LogP contribution in [0.1, 0.15) is 25.2 Å². The van der Waals surface area contributed by atoms with Gasteiger partial charge in [-0.1, -0.05) is 17.7 Å². The molecule has 0 aliphatic rings. The van der Waals surface area contributed by atoms with Gasteiger partial charge in [-0.3, -0.25) is 5.26 Å². The van der Waals surface area contributed by atoms with Crippen LogP contribution in [-0.4, -0.2) is 25.5 Å². The first kappa shape index (κ1) is 11.7. The van der Waals surface area contributed by atoms with E-state index in [1.54, 1.807) is 13.8 Å². The largest absolute Gasteiger partial charge is 0.251 e. The molecule has 0 atom stereocenters. The molecule has 2 aromatic rings. The van der Waals surface area contributed by atoms with Gasteiger partial charge in [-0.25, -0.2) is 4.89 Å². The zero-order chi connectivity index (χ0) is 12.5. The van der Waals surface area contributed by atoms with Crippen molar-refractivity contribution in [3.05, 3.63) is 35.7 Å². The maximum absolute atomic E-state index is 8.87. The lowest BCUT2D eigenvalue weighted by Crippen LogP contribution is -2.25. The van der Waals surface area contributed by atoms with Crippen molar-refractivity contribution in [2.75, 3.05) is 0 Å². The van der Waals surface area contributed by atoms with Crippen molar-refractivity contribution in [2.45, 2.75) is 26.4 Å². The number of nitrogens with zero attached hydrogens (tertiary/aromatic N) is 4. The lowest BCUT2D eigenvalue weighted by molar-refractivity contribution is -0.320. The van der Waals surface area contributed by atoms with Crippen molar-refractivity contribution in [2.24, 2.45) is 0 Å². The topological polar surface area (TPSA) is 73.1 Å². The van der Waals surface area contributed by atoms with Gasteiger partial charge in [-0.2, -0.15) is 4.68 Å². The molecule has 1 aromatic heterocycles. The SMILES string of the molecule is Cc1ccc(-n2nnnc2C(C)(C)OO)cc1. The molecule has 1 heterocycles. The average molecular weight is 234 g/mol. The molecule has 0 saturated heterocycles. The predicted molar refractivity (Wildman–Crippen MR) is 60.6 cm³/mol. The van der Waals surface area contributed by atoms with Crippen molar-refractivity contribution >= 4 is 0 Å². The Morgan fingerprint density at radius 1 is 1.24 bits per heavy atom. The molecular formula is C11H14N4O2. The molecule has 0 bridgehead atoms. The standard InChI is InChI=1S/C11H14N4O2/c1-8-4-6-9(7-5-8)15-10(12-13-14-15)11(2,3)17-16/h4-7,16H,1-3H3. The van der Waals surface area contributed by atoms with E-state index in [1.165, 1.54) is 4.68 Å². The fourth-order valence-electron chi connectivity index (χ4n) is 1.46. The number of rotatable bonds is 3. The molecule has 0 unspecified atom stereocenters. The van der Waals surface area contributed by atoms with Crippen molar-refractivity contribution in [1.29, 1.82) is 0 Å². The van der Waals surface area contributed by atoms with Gasteiger partial charge in [0.05, 0.1) is 5.69 Å². The summed E-state index contributed by atoms with van der Waals surface area (Å²) in [5.74, 6) is 0.434. The van der Waals surface area contributed by atoms with Gasteiger partial charge in [0.15, 0.2) is 11.4 Å². The molecule has 17 heavy (non-hydrogen) atoms. The molecule has 0 radical (unpaired) electrons. The van der Waals surface area contributed by atoms with Gasteiger partial charge in [0.2, 0.25) is 0 Å². The molecule has 90 valence electrons. The van der Waals surface area contributed by atoms with Crippen molar-refractivity contribution in [1.82, 2.24) is 20.2 Å². The highest BCUT2D eigenvalue weighted by molar-refractivity contribution is 5.34. The van der Waals surface area contributed by atoms with E-state index in [1.807, 2.05) is 31.2 Å². The van der Waals surface area contributed by atoms with Crippen LogP contribution in [0.5, 0.6) is 0 Å². The third kappa shape index (κ3) is 2.17. The van der Waals surface area contributed by atoms with Crippen LogP contribution in [-0.2, 0) is 10.5 Å². The summed E-state index contributed by atoms with van der Waals surface area (Å²) in [5.41, 5.74) is 1.01. The Kier molecular flexibility index (Phi) is 2.91. The van der Waals surface area contributed by atoms with Crippen molar-refractivity contribution in [3.8, 4) is 5.69 Å². The van der Waals surface area contributed by atoms with E-state index in [4.69, 9.17) is 5.26 Å². The lowest BCUT2D eigenvalue weighted by atomic mass is 10.1. The number of aryl methyl sites for hydroxylation is 1. The quantitative estimate of drug-likeness (QED) is 0.646. The summed E-state index contributed by atoms with van der Waals surface area (Å²) >= 11 is 0. The van der Waals surface area contributed by atoms with Crippen LogP contribution >= 0.6 is 0 Å². The number of aromatic nitrogens is 4. The van der Waals surface area contributed by atoms with Gasteiger partial charge in [-0.05, 0) is 43.3 Å².